The van der Waals surface area contributed by atoms with E-state index in [1.807, 2.05) is 11.9 Å². The molecule has 0 aromatic heterocycles. The Labute approximate surface area is 147 Å². The van der Waals surface area contributed by atoms with Crippen molar-refractivity contribution in [1.29, 1.82) is 0 Å². The average Bonchev–Trinajstić information content (AvgIpc) is 2.64. The highest BCUT2D eigenvalue weighted by molar-refractivity contribution is 5.81. The first-order valence-electron chi connectivity index (χ1n) is 8.65. The Hall–Kier alpha value is -2.44. The molecule has 0 N–H and O–H groups in total. The van der Waals surface area contributed by atoms with Gasteiger partial charge in [-0.25, -0.2) is 0 Å². The molecule has 1 aromatic carbocycles. The number of hydrogen-bond acceptors (Lipinski definition) is 5. The predicted molar refractivity (Wildman–Crippen MR) is 92.9 cm³/mol. The van der Waals surface area contributed by atoms with Gasteiger partial charge in [-0.1, -0.05) is 19.3 Å². The van der Waals surface area contributed by atoms with E-state index in [1.54, 1.807) is 0 Å². The van der Waals surface area contributed by atoms with Gasteiger partial charge < -0.3 is 9.64 Å². The largest absolute Gasteiger partial charge is 0.493 e. The van der Waals surface area contributed by atoms with Crippen LogP contribution in [0.15, 0.2) is 18.2 Å². The fourth-order valence-corrected chi connectivity index (χ4v) is 3.13. The lowest BCUT2D eigenvalue weighted by molar-refractivity contribution is -0.385. The van der Waals surface area contributed by atoms with Crippen molar-refractivity contribution >= 4 is 17.9 Å². The standard InChI is InChI=1S/C18H24N2O5/c1-19(15-6-3-2-4-7-15)18(22)8-5-11-25-16-10-9-14(13-21)17(12-16)20(23)24/h9-10,12-13,15H,2-8,11H2,1H3. The first-order valence-corrected chi connectivity index (χ1v) is 8.65. The molecule has 1 aromatic rings. The van der Waals surface area contributed by atoms with Crippen molar-refractivity contribution in [3.8, 4) is 5.75 Å². The fraction of sp³-hybridized carbons (Fsp3) is 0.556. The molecule has 0 unspecified atom stereocenters. The topological polar surface area (TPSA) is 89.8 Å². The third-order valence-electron chi connectivity index (χ3n) is 4.65. The van der Waals surface area contributed by atoms with E-state index in [1.165, 1.54) is 37.5 Å². The van der Waals surface area contributed by atoms with Gasteiger partial charge in [-0.05, 0) is 31.4 Å². The molecule has 1 aliphatic rings. The molecule has 7 heteroatoms. The van der Waals surface area contributed by atoms with Crippen LogP contribution in [0.1, 0.15) is 55.3 Å². The zero-order valence-corrected chi connectivity index (χ0v) is 14.5. The summed E-state index contributed by atoms with van der Waals surface area (Å²) in [6.07, 6.45) is 7.14. The van der Waals surface area contributed by atoms with E-state index in [0.717, 1.165) is 12.8 Å². The molecule has 1 saturated carbocycles. The van der Waals surface area contributed by atoms with Crippen molar-refractivity contribution in [3.05, 3.63) is 33.9 Å². The average molecular weight is 348 g/mol. The van der Waals surface area contributed by atoms with Gasteiger partial charge in [0.2, 0.25) is 5.91 Å². The van der Waals surface area contributed by atoms with Crippen molar-refractivity contribution in [2.24, 2.45) is 0 Å². The van der Waals surface area contributed by atoms with Gasteiger partial charge in [-0.3, -0.25) is 19.7 Å². The molecule has 25 heavy (non-hydrogen) atoms. The minimum atomic E-state index is -0.612. The van der Waals surface area contributed by atoms with Crippen LogP contribution >= 0.6 is 0 Å². The van der Waals surface area contributed by atoms with Gasteiger partial charge in [0.05, 0.1) is 23.2 Å². The number of ether oxygens (including phenoxy) is 1. The smallest absolute Gasteiger partial charge is 0.283 e. The third-order valence-corrected chi connectivity index (χ3v) is 4.65. The minimum Gasteiger partial charge on any atom is -0.493 e. The molecular weight excluding hydrogens is 324 g/mol. The Morgan fingerprint density at radius 2 is 2.08 bits per heavy atom. The lowest BCUT2D eigenvalue weighted by atomic mass is 9.94. The van der Waals surface area contributed by atoms with Gasteiger partial charge >= 0.3 is 0 Å². The quantitative estimate of drug-likeness (QED) is 0.311. The monoisotopic (exact) mass is 348 g/mol. The number of aldehydes is 1. The molecule has 7 nitrogen and oxygen atoms in total. The highest BCUT2D eigenvalue weighted by atomic mass is 16.6. The first-order chi connectivity index (χ1) is 12.0. The Bertz CT molecular complexity index is 626. The van der Waals surface area contributed by atoms with Gasteiger partial charge in [0.1, 0.15) is 5.75 Å². The minimum absolute atomic E-state index is 0.0154. The van der Waals surface area contributed by atoms with E-state index in [2.05, 4.69) is 0 Å². The number of nitro benzene ring substituents is 1. The highest BCUT2D eigenvalue weighted by Gasteiger charge is 2.21. The number of nitrogens with zero attached hydrogens (tertiary/aromatic N) is 2. The van der Waals surface area contributed by atoms with Crippen molar-refractivity contribution in [1.82, 2.24) is 4.90 Å². The maximum atomic E-state index is 12.2. The Balaban J connectivity index is 1.78. The number of rotatable bonds is 8. The number of benzene rings is 1. The van der Waals surface area contributed by atoms with Crippen LogP contribution in [-0.4, -0.2) is 41.7 Å². The number of amides is 1. The summed E-state index contributed by atoms with van der Waals surface area (Å²) in [4.78, 5) is 35.2. The van der Waals surface area contributed by atoms with Crippen LogP contribution in [0.5, 0.6) is 5.75 Å². The molecule has 1 amide bonds. The normalized spacial score (nSPS) is 14.8. The lowest BCUT2D eigenvalue weighted by Crippen LogP contribution is -2.38. The van der Waals surface area contributed by atoms with Crippen LogP contribution in [0.4, 0.5) is 5.69 Å². The van der Waals surface area contributed by atoms with Crippen molar-refractivity contribution in [2.75, 3.05) is 13.7 Å². The van der Waals surface area contributed by atoms with E-state index in [9.17, 15) is 19.7 Å². The second kappa shape index (κ2) is 9.15. The van der Waals surface area contributed by atoms with E-state index in [0.29, 0.717) is 37.5 Å². The summed E-state index contributed by atoms with van der Waals surface area (Å²) >= 11 is 0. The highest BCUT2D eigenvalue weighted by Crippen LogP contribution is 2.24. The van der Waals surface area contributed by atoms with E-state index in [-0.39, 0.29) is 17.2 Å². The molecule has 0 radical (unpaired) electrons. The van der Waals surface area contributed by atoms with Crippen LogP contribution in [0.2, 0.25) is 0 Å². The van der Waals surface area contributed by atoms with Crippen LogP contribution in [0, 0.1) is 10.1 Å². The molecule has 1 aliphatic carbocycles. The maximum Gasteiger partial charge on any atom is 0.283 e. The molecule has 0 aliphatic heterocycles. The molecule has 1 fully saturated rings. The van der Waals surface area contributed by atoms with E-state index >= 15 is 0 Å². The summed E-state index contributed by atoms with van der Waals surface area (Å²) in [6, 6.07) is 4.47. The van der Waals surface area contributed by atoms with E-state index < -0.39 is 4.92 Å². The second-order valence-corrected chi connectivity index (χ2v) is 6.34. The second-order valence-electron chi connectivity index (χ2n) is 6.34. The van der Waals surface area contributed by atoms with Crippen molar-refractivity contribution in [2.45, 2.75) is 51.0 Å². The van der Waals surface area contributed by atoms with Crippen LogP contribution < -0.4 is 4.74 Å². The van der Waals surface area contributed by atoms with Crippen molar-refractivity contribution < 1.29 is 19.2 Å². The van der Waals surface area contributed by atoms with Crippen LogP contribution in [0.25, 0.3) is 0 Å². The molecule has 0 heterocycles. The van der Waals surface area contributed by atoms with Gasteiger partial charge in [-0.15, -0.1) is 0 Å². The first kappa shape index (κ1) is 18.9. The summed E-state index contributed by atoms with van der Waals surface area (Å²) in [7, 11) is 1.86. The van der Waals surface area contributed by atoms with Gasteiger partial charge in [-0.2, -0.15) is 0 Å². The number of carbonyl (C=O) groups is 2. The number of carbonyl (C=O) groups excluding carboxylic acids is 2. The number of hydrogen-bond donors (Lipinski definition) is 0. The summed E-state index contributed by atoms with van der Waals surface area (Å²) in [5, 5.41) is 10.9. The Kier molecular flexibility index (Phi) is 6.91. The van der Waals surface area contributed by atoms with E-state index in [4.69, 9.17) is 4.74 Å². The summed E-state index contributed by atoms with van der Waals surface area (Å²) in [5.74, 6) is 0.433. The zero-order chi connectivity index (χ0) is 18.2. The Morgan fingerprint density at radius 1 is 1.36 bits per heavy atom. The number of nitro groups is 1. The van der Waals surface area contributed by atoms with Crippen molar-refractivity contribution in [3.63, 3.8) is 0 Å². The summed E-state index contributed by atoms with van der Waals surface area (Å²) in [5.41, 5.74) is -0.262. The molecule has 136 valence electrons. The Morgan fingerprint density at radius 3 is 2.72 bits per heavy atom. The maximum absolute atomic E-state index is 12.2. The summed E-state index contributed by atoms with van der Waals surface area (Å²) in [6.45, 7) is 0.293. The van der Waals surface area contributed by atoms with Gasteiger partial charge in [0, 0.05) is 19.5 Å². The summed E-state index contributed by atoms with van der Waals surface area (Å²) < 4.78 is 5.48. The molecule has 0 atom stereocenters. The fourth-order valence-electron chi connectivity index (χ4n) is 3.13. The molecule has 0 spiro atoms. The zero-order valence-electron chi connectivity index (χ0n) is 14.5. The molecule has 0 saturated heterocycles. The predicted octanol–water partition coefficient (Wildman–Crippen LogP) is 3.36. The van der Waals surface area contributed by atoms with Gasteiger partial charge in [0.15, 0.2) is 6.29 Å². The lowest BCUT2D eigenvalue weighted by Gasteiger charge is -2.31. The molecule has 0 bridgehead atoms. The SMILES string of the molecule is CN(C(=O)CCCOc1ccc(C=O)c([N+](=O)[O-])c1)C1CCCCC1. The third kappa shape index (κ3) is 5.27. The molecular formula is C18H24N2O5. The van der Waals surface area contributed by atoms with Gasteiger partial charge in [0.25, 0.3) is 5.69 Å². The molecule has 2 rings (SSSR count). The van der Waals surface area contributed by atoms with Crippen LogP contribution in [-0.2, 0) is 4.79 Å². The van der Waals surface area contributed by atoms with Crippen LogP contribution in [0.3, 0.4) is 0 Å².